The van der Waals surface area contributed by atoms with Gasteiger partial charge in [0.1, 0.15) is 6.23 Å². The third-order valence-corrected chi connectivity index (χ3v) is 10.00. The Morgan fingerprint density at radius 2 is 1.46 bits per heavy atom. The summed E-state index contributed by atoms with van der Waals surface area (Å²) in [4.78, 5) is 17.2. The number of carbonyl (C=O) groups is 1. The number of amides is 1. The molecule has 0 spiro atoms. The molecule has 4 N–H and O–H groups in total. The van der Waals surface area contributed by atoms with Crippen LogP contribution in [0.15, 0.2) is 66.7 Å². The highest BCUT2D eigenvalue weighted by Crippen LogP contribution is 2.43. The molecule has 7 nitrogen and oxygen atoms in total. The molecule has 41 heavy (non-hydrogen) atoms. The summed E-state index contributed by atoms with van der Waals surface area (Å²) in [6.45, 7) is 3.41. The van der Waals surface area contributed by atoms with Gasteiger partial charge in [-0.1, -0.05) is 47.5 Å². The van der Waals surface area contributed by atoms with Gasteiger partial charge in [-0.05, 0) is 92.4 Å². The Labute approximate surface area is 251 Å². The molecule has 1 amide bonds. The van der Waals surface area contributed by atoms with E-state index in [1.165, 1.54) is 0 Å². The molecule has 3 heterocycles. The average molecular weight is 596 g/mol. The lowest BCUT2D eigenvalue weighted by Gasteiger charge is -2.48. The summed E-state index contributed by atoms with van der Waals surface area (Å²) < 4.78 is 0. The topological polar surface area (TPSA) is 88.1 Å². The summed E-state index contributed by atoms with van der Waals surface area (Å²) in [7, 11) is 0. The highest BCUT2D eigenvalue weighted by molar-refractivity contribution is 6.30. The van der Waals surface area contributed by atoms with E-state index >= 15 is 0 Å². The van der Waals surface area contributed by atoms with E-state index in [1.54, 1.807) is 0 Å². The molecule has 216 valence electrons. The second kappa shape index (κ2) is 11.5. The molecular weight excluding hydrogens is 559 g/mol. The van der Waals surface area contributed by atoms with Crippen LogP contribution in [0, 0.1) is 0 Å². The van der Waals surface area contributed by atoms with Gasteiger partial charge in [0.15, 0.2) is 0 Å². The smallest absolute Gasteiger partial charge is 0.254 e. The van der Waals surface area contributed by atoms with Crippen molar-refractivity contribution >= 4 is 40.5 Å². The minimum absolute atomic E-state index is 0.0778. The number of fused-ring (bicyclic) bond motifs is 1. The van der Waals surface area contributed by atoms with Gasteiger partial charge in [-0.25, -0.2) is 0 Å². The van der Waals surface area contributed by atoms with Crippen LogP contribution in [-0.2, 0) is 10.8 Å². The maximum atomic E-state index is 12.9. The molecule has 3 aliphatic heterocycles. The molecule has 2 fully saturated rings. The predicted molar refractivity (Wildman–Crippen MR) is 164 cm³/mol. The Morgan fingerprint density at radius 3 is 2.07 bits per heavy atom. The molecule has 1 unspecified atom stereocenters. The molecule has 0 radical (unpaired) electrons. The normalized spacial score (nSPS) is 20.7. The number of hydrogen-bond donors (Lipinski definition) is 4. The lowest BCUT2D eigenvalue weighted by atomic mass is 9.71. The Kier molecular flexibility index (Phi) is 7.92. The van der Waals surface area contributed by atoms with Crippen LogP contribution in [-0.4, -0.2) is 61.8 Å². The minimum Gasteiger partial charge on any atom is -0.395 e. The summed E-state index contributed by atoms with van der Waals surface area (Å²) in [5.41, 5.74) is 3.63. The van der Waals surface area contributed by atoms with E-state index in [4.69, 9.17) is 23.2 Å². The second-order valence-electron chi connectivity index (χ2n) is 11.6. The molecule has 3 aromatic rings. The monoisotopic (exact) mass is 594 g/mol. The molecular formula is C32H36Cl2N4O3. The number of benzene rings is 3. The van der Waals surface area contributed by atoms with E-state index < -0.39 is 11.6 Å². The van der Waals surface area contributed by atoms with Crippen molar-refractivity contribution in [1.82, 2.24) is 10.6 Å². The summed E-state index contributed by atoms with van der Waals surface area (Å²) in [5, 5.41) is 30.3. The lowest BCUT2D eigenvalue weighted by Crippen LogP contribution is -2.59. The number of halogens is 2. The number of aliphatic hydroxyl groups is 2. The van der Waals surface area contributed by atoms with E-state index in [0.29, 0.717) is 15.6 Å². The fraction of sp³-hybridized carbons (Fsp3) is 0.406. The first-order valence-electron chi connectivity index (χ1n) is 14.3. The van der Waals surface area contributed by atoms with Crippen LogP contribution < -0.4 is 20.4 Å². The van der Waals surface area contributed by atoms with E-state index in [9.17, 15) is 15.0 Å². The van der Waals surface area contributed by atoms with Gasteiger partial charge < -0.3 is 30.6 Å². The zero-order chi connectivity index (χ0) is 28.6. The quantitative estimate of drug-likeness (QED) is 0.332. The Balaban J connectivity index is 1.29. The lowest BCUT2D eigenvalue weighted by molar-refractivity contribution is 0.0512. The third kappa shape index (κ3) is 5.19. The van der Waals surface area contributed by atoms with Gasteiger partial charge in [-0.3, -0.25) is 4.79 Å². The predicted octanol–water partition coefficient (Wildman–Crippen LogP) is 4.67. The van der Waals surface area contributed by atoms with Crippen LogP contribution in [0.3, 0.4) is 0 Å². The van der Waals surface area contributed by atoms with Crippen molar-refractivity contribution in [3.05, 3.63) is 93.5 Å². The molecule has 0 saturated carbocycles. The molecule has 9 heteroatoms. The minimum atomic E-state index is -0.853. The number of aliphatic hydroxyl groups excluding tert-OH is 2. The van der Waals surface area contributed by atoms with Crippen molar-refractivity contribution in [3.8, 4) is 0 Å². The van der Waals surface area contributed by atoms with Gasteiger partial charge >= 0.3 is 0 Å². The number of hydrogen-bond acceptors (Lipinski definition) is 6. The largest absolute Gasteiger partial charge is 0.395 e. The fourth-order valence-electron chi connectivity index (χ4n) is 6.89. The van der Waals surface area contributed by atoms with Gasteiger partial charge in [0.2, 0.25) is 0 Å². The summed E-state index contributed by atoms with van der Waals surface area (Å²) in [5.74, 6) is -0.137. The SMILES string of the molecule is O=C1NCN(C(O)C2(c3ccc(Cl)cc3)CCNCC2)c2cc(N3CCC(CO)(c4ccc(Cl)cc4)CC3)ccc21. The zero-order valence-corrected chi connectivity index (χ0v) is 24.5. The van der Waals surface area contributed by atoms with Gasteiger partial charge in [-0.2, -0.15) is 0 Å². The molecule has 0 aliphatic carbocycles. The third-order valence-electron chi connectivity index (χ3n) is 9.49. The molecule has 0 aromatic heterocycles. The highest BCUT2D eigenvalue weighted by Gasteiger charge is 2.45. The number of carbonyl (C=O) groups excluding carboxylic acids is 1. The van der Waals surface area contributed by atoms with Crippen LogP contribution in [0.25, 0.3) is 0 Å². The van der Waals surface area contributed by atoms with Crippen molar-refractivity contribution in [2.75, 3.05) is 49.3 Å². The van der Waals surface area contributed by atoms with Crippen molar-refractivity contribution in [3.63, 3.8) is 0 Å². The molecule has 3 aromatic carbocycles. The van der Waals surface area contributed by atoms with E-state index in [-0.39, 0.29) is 24.6 Å². The molecule has 2 saturated heterocycles. The first-order valence-corrected chi connectivity index (χ1v) is 15.1. The first kappa shape index (κ1) is 28.3. The van der Waals surface area contributed by atoms with Gasteiger partial charge in [-0.15, -0.1) is 0 Å². The maximum Gasteiger partial charge on any atom is 0.254 e. The number of nitrogens with zero attached hydrogens (tertiary/aromatic N) is 2. The summed E-state index contributed by atoms with van der Waals surface area (Å²) in [6, 6.07) is 21.5. The van der Waals surface area contributed by atoms with Crippen molar-refractivity contribution in [1.29, 1.82) is 0 Å². The maximum absolute atomic E-state index is 12.9. The highest BCUT2D eigenvalue weighted by atomic mass is 35.5. The number of rotatable bonds is 6. The average Bonchev–Trinajstić information content (AvgIpc) is 3.02. The first-order chi connectivity index (χ1) is 19.8. The van der Waals surface area contributed by atoms with Crippen molar-refractivity contribution in [2.45, 2.75) is 42.7 Å². The van der Waals surface area contributed by atoms with Crippen LogP contribution in [0.2, 0.25) is 10.0 Å². The van der Waals surface area contributed by atoms with Crippen LogP contribution in [0.5, 0.6) is 0 Å². The number of piperidine rings is 2. The number of nitrogens with one attached hydrogen (secondary N) is 2. The van der Waals surface area contributed by atoms with Gasteiger partial charge in [0.05, 0.1) is 24.5 Å². The van der Waals surface area contributed by atoms with Gasteiger partial charge in [0.25, 0.3) is 5.91 Å². The molecule has 6 rings (SSSR count). The Bertz CT molecular complexity index is 1390. The van der Waals surface area contributed by atoms with Crippen LogP contribution >= 0.6 is 23.2 Å². The summed E-state index contributed by atoms with van der Waals surface area (Å²) >= 11 is 12.3. The standard InChI is InChI=1S/C32H36Cl2N4O3/c33-24-5-1-22(2-6-24)31(20-39)13-17-37(18-14-31)26-9-10-27-28(19-26)38(21-36-29(27)40)30(41)32(11-15-35-16-12-32)23-3-7-25(34)8-4-23/h1-10,19,30,35,39,41H,11-18,20-21H2,(H,36,40). The molecule has 1 atom stereocenters. The summed E-state index contributed by atoms with van der Waals surface area (Å²) in [6.07, 6.45) is 2.25. The molecule has 0 bridgehead atoms. The zero-order valence-electron chi connectivity index (χ0n) is 23.0. The Hall–Kier alpha value is -2.81. The fourth-order valence-corrected chi connectivity index (χ4v) is 7.14. The van der Waals surface area contributed by atoms with Crippen molar-refractivity contribution < 1.29 is 15.0 Å². The van der Waals surface area contributed by atoms with E-state index in [2.05, 4.69) is 15.5 Å². The van der Waals surface area contributed by atoms with Crippen LogP contribution in [0.1, 0.15) is 47.2 Å². The van der Waals surface area contributed by atoms with Crippen molar-refractivity contribution in [2.24, 2.45) is 0 Å². The number of anilines is 2. The van der Waals surface area contributed by atoms with E-state index in [0.717, 1.165) is 74.4 Å². The second-order valence-corrected chi connectivity index (χ2v) is 12.4. The Morgan fingerprint density at radius 1 is 0.854 bits per heavy atom. The van der Waals surface area contributed by atoms with Gasteiger partial charge in [0, 0.05) is 39.7 Å². The molecule has 3 aliphatic rings. The van der Waals surface area contributed by atoms with Crippen LogP contribution in [0.4, 0.5) is 11.4 Å². The van der Waals surface area contributed by atoms with E-state index in [1.807, 2.05) is 71.6 Å².